The molecule has 0 aliphatic heterocycles. The smallest absolute Gasteiger partial charge is 0.342 e. The van der Waals surface area contributed by atoms with Gasteiger partial charge < -0.3 is 15.7 Å². The van der Waals surface area contributed by atoms with E-state index in [9.17, 15) is 14.7 Å². The van der Waals surface area contributed by atoms with Crippen molar-refractivity contribution in [1.29, 1.82) is 0 Å². The van der Waals surface area contributed by atoms with E-state index in [1.54, 1.807) is 30.3 Å². The van der Waals surface area contributed by atoms with E-state index < -0.39 is 0 Å². The van der Waals surface area contributed by atoms with Crippen LogP contribution in [0.3, 0.4) is 0 Å². The van der Waals surface area contributed by atoms with E-state index in [1.807, 2.05) is 19.9 Å². The largest absolute Gasteiger partial charge is 0.507 e. The van der Waals surface area contributed by atoms with E-state index in [0.717, 1.165) is 36.9 Å². The van der Waals surface area contributed by atoms with E-state index in [1.165, 1.54) is 10.7 Å². The molecule has 0 radical (unpaired) electrons. The quantitative estimate of drug-likeness (QED) is 0.296. The van der Waals surface area contributed by atoms with Gasteiger partial charge in [-0.05, 0) is 67.6 Å². The molecular formula is C26H28Cl2N4O3. The molecule has 1 fully saturated rings. The lowest BCUT2D eigenvalue weighted by molar-refractivity contribution is -0.120. The van der Waals surface area contributed by atoms with Gasteiger partial charge in [-0.3, -0.25) is 4.79 Å². The summed E-state index contributed by atoms with van der Waals surface area (Å²) >= 11 is 12.0. The van der Waals surface area contributed by atoms with Crippen LogP contribution in [0.15, 0.2) is 42.5 Å². The van der Waals surface area contributed by atoms with Gasteiger partial charge in [-0.25, -0.2) is 4.79 Å². The van der Waals surface area contributed by atoms with Crippen LogP contribution in [0.2, 0.25) is 10.0 Å². The summed E-state index contributed by atoms with van der Waals surface area (Å²) in [7, 11) is 0. The van der Waals surface area contributed by atoms with Crippen molar-refractivity contribution in [1.82, 2.24) is 15.1 Å². The second kappa shape index (κ2) is 10.7. The lowest BCUT2D eigenvalue weighted by Crippen LogP contribution is -2.30. The molecule has 0 spiro atoms. The Kier molecular flexibility index (Phi) is 7.67. The molecular weight excluding hydrogens is 487 g/mol. The van der Waals surface area contributed by atoms with Crippen LogP contribution in [0.25, 0.3) is 11.3 Å². The highest BCUT2D eigenvalue weighted by molar-refractivity contribution is 6.42. The lowest BCUT2D eigenvalue weighted by atomic mass is 10.0. The van der Waals surface area contributed by atoms with Gasteiger partial charge in [0.15, 0.2) is 0 Å². The van der Waals surface area contributed by atoms with Gasteiger partial charge in [0, 0.05) is 29.6 Å². The molecule has 9 heteroatoms. The number of benzene rings is 2. The number of nitrogens with zero attached hydrogens (tertiary/aromatic N) is 2. The van der Waals surface area contributed by atoms with Crippen molar-refractivity contribution in [2.45, 2.75) is 52.0 Å². The Morgan fingerprint density at radius 2 is 1.83 bits per heavy atom. The molecule has 4 rings (SSSR count). The third-order valence-electron chi connectivity index (χ3n) is 6.25. The van der Waals surface area contributed by atoms with Gasteiger partial charge in [0.25, 0.3) is 0 Å². The Balaban J connectivity index is 1.57. The predicted molar refractivity (Wildman–Crippen MR) is 138 cm³/mol. The number of halogens is 2. The number of rotatable bonds is 8. The minimum absolute atomic E-state index is 0.0220. The molecule has 3 aromatic rings. The Bertz CT molecular complexity index is 1250. The maximum absolute atomic E-state index is 13.0. The Hall–Kier alpha value is -3.03. The number of aromatic hydroxyl groups is 1. The van der Waals surface area contributed by atoms with E-state index in [-0.39, 0.29) is 36.1 Å². The normalized spacial score (nSPS) is 13.2. The van der Waals surface area contributed by atoms with Crippen molar-refractivity contribution < 1.29 is 14.7 Å². The first kappa shape index (κ1) is 25.1. The summed E-state index contributed by atoms with van der Waals surface area (Å²) in [6.45, 7) is 4.22. The molecule has 1 saturated carbocycles. The van der Waals surface area contributed by atoms with Gasteiger partial charge in [0.05, 0.1) is 21.4 Å². The third-order valence-corrected chi connectivity index (χ3v) is 6.99. The minimum atomic E-state index is -0.373. The summed E-state index contributed by atoms with van der Waals surface area (Å²) in [4.78, 5) is 25.5. The molecule has 1 aliphatic carbocycles. The van der Waals surface area contributed by atoms with Gasteiger partial charge in [0.1, 0.15) is 5.75 Å². The zero-order valence-electron chi connectivity index (χ0n) is 19.6. The molecule has 0 unspecified atom stereocenters. The highest BCUT2D eigenvalue weighted by Gasteiger charge is 2.31. The number of carbonyl (C=O) groups excluding carboxylic acids is 2. The van der Waals surface area contributed by atoms with Crippen molar-refractivity contribution in [3.8, 4) is 17.0 Å². The number of anilines is 1. The molecule has 1 aromatic heterocycles. The van der Waals surface area contributed by atoms with Gasteiger partial charge in [-0.1, -0.05) is 43.1 Å². The SMILES string of the molecule is CCC(CC)C(=O)Nc1ccc(O)c(-c2cc(C3CC3)n(C(=O)NCc3ccc(Cl)c(Cl)c3)n2)c1. The minimum Gasteiger partial charge on any atom is -0.507 e. The fourth-order valence-electron chi connectivity index (χ4n) is 3.98. The molecule has 1 heterocycles. The third kappa shape index (κ3) is 5.80. The van der Waals surface area contributed by atoms with Crippen LogP contribution in [0.1, 0.15) is 56.7 Å². The monoisotopic (exact) mass is 514 g/mol. The molecule has 184 valence electrons. The number of aromatic nitrogens is 2. The predicted octanol–water partition coefficient (Wildman–Crippen LogP) is 6.57. The highest BCUT2D eigenvalue weighted by Crippen LogP contribution is 2.42. The van der Waals surface area contributed by atoms with E-state index in [4.69, 9.17) is 23.2 Å². The van der Waals surface area contributed by atoms with Crippen molar-refractivity contribution in [3.63, 3.8) is 0 Å². The van der Waals surface area contributed by atoms with Crippen LogP contribution in [-0.4, -0.2) is 26.8 Å². The maximum Gasteiger partial charge on any atom is 0.342 e. The standard InChI is InChI=1S/C26H28Cl2N4O3/c1-3-16(4-2)25(34)30-18-8-10-24(33)19(12-18)22-13-23(17-6-7-17)32(31-22)26(35)29-14-15-5-9-20(27)21(28)11-15/h5,8-13,16-17,33H,3-4,6-7,14H2,1-2H3,(H,29,35)(H,30,34). The van der Waals surface area contributed by atoms with Crippen molar-refractivity contribution in [2.24, 2.45) is 5.92 Å². The summed E-state index contributed by atoms with van der Waals surface area (Å²) in [5, 5.41) is 21.7. The summed E-state index contributed by atoms with van der Waals surface area (Å²) in [6, 6.07) is 11.5. The van der Waals surface area contributed by atoms with E-state index >= 15 is 0 Å². The molecule has 7 nitrogen and oxygen atoms in total. The lowest BCUT2D eigenvalue weighted by Gasteiger charge is -2.13. The first-order chi connectivity index (χ1) is 16.8. The first-order valence-corrected chi connectivity index (χ1v) is 12.5. The number of nitrogens with one attached hydrogen (secondary N) is 2. The zero-order chi connectivity index (χ0) is 25.1. The fourth-order valence-corrected chi connectivity index (χ4v) is 4.31. The van der Waals surface area contributed by atoms with E-state index in [2.05, 4.69) is 15.7 Å². The summed E-state index contributed by atoms with van der Waals surface area (Å²) in [5.41, 5.74) is 3.09. The number of hydrogen-bond acceptors (Lipinski definition) is 4. The van der Waals surface area contributed by atoms with Gasteiger partial charge in [0.2, 0.25) is 5.91 Å². The van der Waals surface area contributed by atoms with Crippen LogP contribution in [0, 0.1) is 5.92 Å². The van der Waals surface area contributed by atoms with Crippen LogP contribution in [0.5, 0.6) is 5.75 Å². The second-order valence-corrected chi connectivity index (χ2v) is 9.60. The van der Waals surface area contributed by atoms with Crippen molar-refractivity contribution >= 4 is 40.8 Å². The van der Waals surface area contributed by atoms with Crippen molar-refractivity contribution in [3.05, 3.63) is 63.8 Å². The van der Waals surface area contributed by atoms with Crippen LogP contribution in [-0.2, 0) is 11.3 Å². The topological polar surface area (TPSA) is 96.2 Å². The molecule has 2 aromatic carbocycles. The Labute approximate surface area is 214 Å². The van der Waals surface area contributed by atoms with Gasteiger partial charge >= 0.3 is 6.03 Å². The maximum atomic E-state index is 13.0. The van der Waals surface area contributed by atoms with Crippen LogP contribution < -0.4 is 10.6 Å². The molecule has 0 bridgehead atoms. The molecule has 35 heavy (non-hydrogen) atoms. The molecule has 0 saturated heterocycles. The molecule has 1 aliphatic rings. The number of phenols is 1. The zero-order valence-corrected chi connectivity index (χ0v) is 21.2. The van der Waals surface area contributed by atoms with Crippen molar-refractivity contribution in [2.75, 3.05) is 5.32 Å². The number of phenolic OH excluding ortho intramolecular Hbond substituents is 1. The molecule has 0 atom stereocenters. The summed E-state index contributed by atoms with van der Waals surface area (Å²) in [6.07, 6.45) is 3.45. The van der Waals surface area contributed by atoms with Crippen LogP contribution >= 0.6 is 23.2 Å². The number of carbonyl (C=O) groups is 2. The van der Waals surface area contributed by atoms with E-state index in [0.29, 0.717) is 27.0 Å². The first-order valence-electron chi connectivity index (χ1n) is 11.8. The average Bonchev–Trinajstić information content (AvgIpc) is 3.59. The number of amides is 2. The highest BCUT2D eigenvalue weighted by atomic mass is 35.5. The van der Waals surface area contributed by atoms with Gasteiger partial charge in [-0.2, -0.15) is 9.78 Å². The van der Waals surface area contributed by atoms with Crippen LogP contribution in [0.4, 0.5) is 10.5 Å². The second-order valence-electron chi connectivity index (χ2n) is 8.78. The molecule has 3 N–H and O–H groups in total. The van der Waals surface area contributed by atoms with Gasteiger partial charge in [-0.15, -0.1) is 0 Å². The Morgan fingerprint density at radius 3 is 2.49 bits per heavy atom. The molecule has 2 amide bonds. The fraction of sp³-hybridized carbons (Fsp3) is 0.346. The summed E-state index contributed by atoms with van der Waals surface area (Å²) < 4.78 is 1.36. The summed E-state index contributed by atoms with van der Waals surface area (Å²) in [5.74, 6) is 0.130. The average molecular weight is 515 g/mol. The number of hydrogen-bond donors (Lipinski definition) is 3. The Morgan fingerprint density at radius 1 is 1.09 bits per heavy atom.